The summed E-state index contributed by atoms with van der Waals surface area (Å²) >= 11 is 3.49. The highest BCUT2D eigenvalue weighted by molar-refractivity contribution is 9.10. The Kier molecular flexibility index (Phi) is 7.66. The highest BCUT2D eigenvalue weighted by atomic mass is 79.9. The SMILES string of the molecule is CCCC(C)(CNCCOC)Cc1ccc(Br)cc1. The van der Waals surface area contributed by atoms with E-state index in [1.807, 2.05) is 0 Å². The number of rotatable bonds is 9. The van der Waals surface area contributed by atoms with E-state index < -0.39 is 0 Å². The number of nitrogens with one attached hydrogen (secondary N) is 1. The van der Waals surface area contributed by atoms with Gasteiger partial charge in [-0.2, -0.15) is 0 Å². The average molecular weight is 328 g/mol. The number of benzene rings is 1. The zero-order valence-electron chi connectivity index (χ0n) is 12.3. The van der Waals surface area contributed by atoms with Gasteiger partial charge in [0, 0.05) is 24.7 Å². The van der Waals surface area contributed by atoms with E-state index in [2.05, 4.69) is 59.4 Å². The minimum Gasteiger partial charge on any atom is -0.383 e. The minimum atomic E-state index is 0.316. The predicted octanol–water partition coefficient (Wildman–Crippen LogP) is 4.03. The van der Waals surface area contributed by atoms with Gasteiger partial charge < -0.3 is 10.1 Å². The Balaban J connectivity index is 2.56. The van der Waals surface area contributed by atoms with Gasteiger partial charge in [-0.05, 0) is 36.0 Å². The van der Waals surface area contributed by atoms with Crippen molar-refractivity contribution in [2.24, 2.45) is 5.41 Å². The van der Waals surface area contributed by atoms with Gasteiger partial charge in [-0.25, -0.2) is 0 Å². The van der Waals surface area contributed by atoms with Crippen LogP contribution < -0.4 is 5.32 Å². The van der Waals surface area contributed by atoms with Gasteiger partial charge in [0.25, 0.3) is 0 Å². The first-order valence-electron chi connectivity index (χ1n) is 7.04. The number of halogens is 1. The molecule has 3 heteroatoms. The molecule has 1 rings (SSSR count). The molecule has 1 unspecified atom stereocenters. The van der Waals surface area contributed by atoms with Crippen LogP contribution in [-0.2, 0) is 11.2 Å². The van der Waals surface area contributed by atoms with Crippen LogP contribution in [-0.4, -0.2) is 26.8 Å². The molecule has 19 heavy (non-hydrogen) atoms. The lowest BCUT2D eigenvalue weighted by Gasteiger charge is -2.30. The van der Waals surface area contributed by atoms with E-state index in [1.54, 1.807) is 7.11 Å². The van der Waals surface area contributed by atoms with Crippen molar-refractivity contribution in [3.63, 3.8) is 0 Å². The van der Waals surface area contributed by atoms with Gasteiger partial charge in [0.2, 0.25) is 0 Å². The molecular weight excluding hydrogens is 302 g/mol. The first kappa shape index (κ1) is 16.7. The van der Waals surface area contributed by atoms with E-state index in [9.17, 15) is 0 Å². The van der Waals surface area contributed by atoms with Gasteiger partial charge in [-0.3, -0.25) is 0 Å². The van der Waals surface area contributed by atoms with E-state index in [4.69, 9.17) is 4.74 Å². The third-order valence-corrected chi connectivity index (χ3v) is 3.96. The fraction of sp³-hybridized carbons (Fsp3) is 0.625. The summed E-state index contributed by atoms with van der Waals surface area (Å²) in [6.07, 6.45) is 3.58. The van der Waals surface area contributed by atoms with Crippen LogP contribution in [0.5, 0.6) is 0 Å². The number of hydrogen-bond acceptors (Lipinski definition) is 2. The molecule has 0 aliphatic carbocycles. The summed E-state index contributed by atoms with van der Waals surface area (Å²) in [4.78, 5) is 0. The fourth-order valence-electron chi connectivity index (χ4n) is 2.50. The van der Waals surface area contributed by atoms with Crippen LogP contribution in [0, 0.1) is 5.41 Å². The molecule has 0 fully saturated rings. The molecule has 0 radical (unpaired) electrons. The Labute approximate surface area is 126 Å². The van der Waals surface area contributed by atoms with E-state index in [0.29, 0.717) is 5.41 Å². The van der Waals surface area contributed by atoms with Gasteiger partial charge in [0.1, 0.15) is 0 Å². The number of ether oxygens (including phenoxy) is 1. The van der Waals surface area contributed by atoms with Crippen molar-refractivity contribution in [2.45, 2.75) is 33.1 Å². The van der Waals surface area contributed by atoms with Gasteiger partial charge in [-0.1, -0.05) is 48.3 Å². The minimum absolute atomic E-state index is 0.316. The zero-order valence-corrected chi connectivity index (χ0v) is 13.9. The van der Waals surface area contributed by atoms with E-state index in [-0.39, 0.29) is 0 Å². The molecule has 0 heterocycles. The van der Waals surface area contributed by atoms with Crippen LogP contribution in [0.2, 0.25) is 0 Å². The largest absolute Gasteiger partial charge is 0.383 e. The maximum absolute atomic E-state index is 5.08. The molecule has 0 saturated carbocycles. The molecule has 0 bridgehead atoms. The van der Waals surface area contributed by atoms with Crippen molar-refractivity contribution >= 4 is 15.9 Å². The van der Waals surface area contributed by atoms with E-state index in [1.165, 1.54) is 18.4 Å². The molecule has 0 amide bonds. The molecule has 0 saturated heterocycles. The summed E-state index contributed by atoms with van der Waals surface area (Å²) in [6, 6.07) is 8.68. The first-order chi connectivity index (χ1) is 9.09. The standard InChI is InChI=1S/C16H26BrNO/c1-4-9-16(2,13-18-10-11-19-3)12-14-5-7-15(17)8-6-14/h5-8,18H,4,9-13H2,1-3H3. The average Bonchev–Trinajstić information content (AvgIpc) is 2.38. The lowest BCUT2D eigenvalue weighted by atomic mass is 9.79. The Morgan fingerprint density at radius 2 is 1.95 bits per heavy atom. The summed E-state index contributed by atoms with van der Waals surface area (Å²) in [5.74, 6) is 0. The third kappa shape index (κ3) is 6.55. The van der Waals surface area contributed by atoms with E-state index in [0.717, 1.165) is 30.6 Å². The van der Waals surface area contributed by atoms with Crippen molar-refractivity contribution in [3.8, 4) is 0 Å². The van der Waals surface area contributed by atoms with Crippen LogP contribution in [0.15, 0.2) is 28.7 Å². The maximum Gasteiger partial charge on any atom is 0.0587 e. The molecule has 0 aromatic heterocycles. The predicted molar refractivity (Wildman–Crippen MR) is 85.6 cm³/mol. The number of methoxy groups -OCH3 is 1. The van der Waals surface area contributed by atoms with E-state index >= 15 is 0 Å². The second-order valence-electron chi connectivity index (χ2n) is 5.53. The Morgan fingerprint density at radius 1 is 1.26 bits per heavy atom. The van der Waals surface area contributed by atoms with Gasteiger partial charge in [0.05, 0.1) is 6.61 Å². The number of hydrogen-bond donors (Lipinski definition) is 1. The van der Waals surface area contributed by atoms with Gasteiger partial charge in [-0.15, -0.1) is 0 Å². The van der Waals surface area contributed by atoms with Gasteiger partial charge >= 0.3 is 0 Å². The molecule has 108 valence electrons. The van der Waals surface area contributed by atoms with Crippen LogP contribution in [0.25, 0.3) is 0 Å². The van der Waals surface area contributed by atoms with Crippen molar-refractivity contribution < 1.29 is 4.74 Å². The van der Waals surface area contributed by atoms with Crippen molar-refractivity contribution in [1.82, 2.24) is 5.32 Å². The first-order valence-corrected chi connectivity index (χ1v) is 7.83. The molecule has 0 spiro atoms. The summed E-state index contributed by atoms with van der Waals surface area (Å²) in [5.41, 5.74) is 1.73. The Morgan fingerprint density at radius 3 is 2.53 bits per heavy atom. The second-order valence-corrected chi connectivity index (χ2v) is 6.45. The van der Waals surface area contributed by atoms with Crippen LogP contribution in [0.3, 0.4) is 0 Å². The monoisotopic (exact) mass is 327 g/mol. The topological polar surface area (TPSA) is 21.3 Å². The summed E-state index contributed by atoms with van der Waals surface area (Å²) < 4.78 is 6.23. The van der Waals surface area contributed by atoms with Crippen LogP contribution in [0.1, 0.15) is 32.3 Å². The second kappa shape index (κ2) is 8.72. The maximum atomic E-state index is 5.08. The Hall–Kier alpha value is -0.380. The molecule has 1 aromatic carbocycles. The summed E-state index contributed by atoms with van der Waals surface area (Å²) in [5, 5.41) is 3.51. The molecule has 1 aromatic rings. The molecule has 2 nitrogen and oxygen atoms in total. The lowest BCUT2D eigenvalue weighted by molar-refractivity contribution is 0.190. The highest BCUT2D eigenvalue weighted by Gasteiger charge is 2.23. The van der Waals surface area contributed by atoms with Crippen molar-refractivity contribution in [3.05, 3.63) is 34.3 Å². The molecule has 0 aliphatic rings. The smallest absolute Gasteiger partial charge is 0.0587 e. The normalized spacial score (nSPS) is 14.3. The molecule has 1 atom stereocenters. The summed E-state index contributed by atoms with van der Waals surface area (Å²) in [7, 11) is 1.74. The van der Waals surface area contributed by atoms with Crippen LogP contribution >= 0.6 is 15.9 Å². The lowest BCUT2D eigenvalue weighted by Crippen LogP contribution is -2.35. The highest BCUT2D eigenvalue weighted by Crippen LogP contribution is 2.28. The van der Waals surface area contributed by atoms with Crippen LogP contribution in [0.4, 0.5) is 0 Å². The molecular formula is C16H26BrNO. The zero-order chi connectivity index (χ0) is 14.1. The summed E-state index contributed by atoms with van der Waals surface area (Å²) in [6.45, 7) is 7.38. The fourth-order valence-corrected chi connectivity index (χ4v) is 2.77. The Bertz CT molecular complexity index is 352. The van der Waals surface area contributed by atoms with Crippen molar-refractivity contribution in [2.75, 3.05) is 26.8 Å². The van der Waals surface area contributed by atoms with Crippen molar-refractivity contribution in [1.29, 1.82) is 0 Å². The molecule has 0 aliphatic heterocycles. The van der Waals surface area contributed by atoms with Gasteiger partial charge in [0.15, 0.2) is 0 Å². The third-order valence-electron chi connectivity index (χ3n) is 3.43. The quantitative estimate of drug-likeness (QED) is 0.691. The molecule has 1 N–H and O–H groups in total.